The Morgan fingerprint density at radius 1 is 1.30 bits per heavy atom. The molecule has 0 radical (unpaired) electrons. The van der Waals surface area contributed by atoms with Gasteiger partial charge in [0.25, 0.3) is 5.91 Å². The zero-order valence-corrected chi connectivity index (χ0v) is 13.0. The summed E-state index contributed by atoms with van der Waals surface area (Å²) in [5.74, 6) is -0.0938. The van der Waals surface area contributed by atoms with Gasteiger partial charge in [-0.05, 0) is 30.7 Å². The van der Waals surface area contributed by atoms with Crippen LogP contribution < -0.4 is 5.32 Å². The van der Waals surface area contributed by atoms with Gasteiger partial charge in [-0.3, -0.25) is 9.78 Å². The molecular formula is C18H18N4O. The first-order valence-corrected chi connectivity index (χ1v) is 7.74. The first-order chi connectivity index (χ1) is 11.2. The molecule has 3 aromatic rings. The molecule has 0 unspecified atom stereocenters. The smallest absolute Gasteiger partial charge is 0.257 e. The molecular weight excluding hydrogens is 288 g/mol. The highest BCUT2D eigenvalue weighted by Gasteiger charge is 2.21. The van der Waals surface area contributed by atoms with Gasteiger partial charge in [0.15, 0.2) is 0 Å². The summed E-state index contributed by atoms with van der Waals surface area (Å²) in [6, 6.07) is 7.92. The molecule has 116 valence electrons. The number of hydrogen-bond acceptors (Lipinski definition) is 3. The van der Waals surface area contributed by atoms with E-state index in [4.69, 9.17) is 0 Å². The predicted octanol–water partition coefficient (Wildman–Crippen LogP) is 2.80. The number of likely N-dealkylation sites (N-methyl/N-ethyl adjacent to an activating group) is 1. The molecule has 1 aliphatic heterocycles. The summed E-state index contributed by atoms with van der Waals surface area (Å²) in [5, 5.41) is 4.03. The van der Waals surface area contributed by atoms with Crippen molar-refractivity contribution >= 4 is 22.5 Å². The van der Waals surface area contributed by atoms with E-state index in [2.05, 4.69) is 27.2 Å². The number of amides is 1. The van der Waals surface area contributed by atoms with Crippen LogP contribution in [0.25, 0.3) is 10.9 Å². The van der Waals surface area contributed by atoms with Crippen LogP contribution in [0.15, 0.2) is 42.9 Å². The zero-order valence-electron chi connectivity index (χ0n) is 13.0. The number of carbonyl (C=O) groups is 1. The van der Waals surface area contributed by atoms with Crippen LogP contribution in [0, 0.1) is 0 Å². The molecule has 0 bridgehead atoms. The Kier molecular flexibility index (Phi) is 3.35. The second kappa shape index (κ2) is 5.52. The average Bonchev–Trinajstić information content (AvgIpc) is 2.97. The number of anilines is 1. The van der Waals surface area contributed by atoms with Crippen LogP contribution in [-0.4, -0.2) is 34.4 Å². The third-order valence-electron chi connectivity index (χ3n) is 4.41. The van der Waals surface area contributed by atoms with Gasteiger partial charge in [0, 0.05) is 42.6 Å². The van der Waals surface area contributed by atoms with Gasteiger partial charge in [0.2, 0.25) is 0 Å². The van der Waals surface area contributed by atoms with E-state index in [-0.39, 0.29) is 5.91 Å². The largest absolute Gasteiger partial charge is 0.359 e. The highest BCUT2D eigenvalue weighted by atomic mass is 16.1. The fourth-order valence-electron chi connectivity index (χ4n) is 3.19. The molecule has 23 heavy (non-hydrogen) atoms. The van der Waals surface area contributed by atoms with Crippen molar-refractivity contribution in [2.45, 2.75) is 13.0 Å². The molecule has 0 spiro atoms. The van der Waals surface area contributed by atoms with Crippen LogP contribution in [-0.2, 0) is 13.0 Å². The Morgan fingerprint density at radius 3 is 3.09 bits per heavy atom. The molecule has 0 fully saturated rings. The minimum absolute atomic E-state index is 0.0938. The summed E-state index contributed by atoms with van der Waals surface area (Å²) in [7, 11) is 2.08. The molecule has 2 aromatic heterocycles. The number of H-pyrrole nitrogens is 1. The van der Waals surface area contributed by atoms with Gasteiger partial charge in [0.1, 0.15) is 0 Å². The number of para-hydroxylation sites is 1. The molecule has 1 aliphatic rings. The fraction of sp³-hybridized carbons (Fsp3) is 0.222. The molecule has 1 aromatic carbocycles. The number of carbonyl (C=O) groups excluding carboxylic acids is 1. The third-order valence-corrected chi connectivity index (χ3v) is 4.41. The van der Waals surface area contributed by atoms with E-state index < -0.39 is 0 Å². The number of rotatable bonds is 2. The van der Waals surface area contributed by atoms with Gasteiger partial charge < -0.3 is 15.2 Å². The summed E-state index contributed by atoms with van der Waals surface area (Å²) >= 11 is 0. The Hall–Kier alpha value is -2.66. The number of nitrogens with one attached hydrogen (secondary N) is 2. The zero-order chi connectivity index (χ0) is 15.8. The van der Waals surface area contributed by atoms with Crippen molar-refractivity contribution in [3.05, 3.63) is 59.5 Å². The number of aromatic nitrogens is 2. The highest BCUT2D eigenvalue weighted by molar-refractivity contribution is 6.09. The SMILES string of the molecule is CN1CCc2c(cncc2C(=O)Nc2c[nH]c3ccccc23)C1. The molecule has 0 saturated carbocycles. The normalized spacial score (nSPS) is 14.7. The van der Waals surface area contributed by atoms with E-state index in [0.29, 0.717) is 5.56 Å². The van der Waals surface area contributed by atoms with Gasteiger partial charge in [-0.2, -0.15) is 0 Å². The maximum atomic E-state index is 12.7. The maximum absolute atomic E-state index is 12.7. The molecule has 0 aliphatic carbocycles. The summed E-state index contributed by atoms with van der Waals surface area (Å²) in [4.78, 5) is 22.4. The fourth-order valence-corrected chi connectivity index (χ4v) is 3.19. The lowest BCUT2D eigenvalue weighted by atomic mass is 9.97. The molecule has 1 amide bonds. The van der Waals surface area contributed by atoms with Crippen LogP contribution in [0.3, 0.4) is 0 Å². The lowest BCUT2D eigenvalue weighted by Gasteiger charge is -2.25. The first kappa shape index (κ1) is 14.0. The molecule has 0 saturated heterocycles. The first-order valence-electron chi connectivity index (χ1n) is 7.74. The van der Waals surface area contributed by atoms with Crippen LogP contribution in [0.4, 0.5) is 5.69 Å². The minimum Gasteiger partial charge on any atom is -0.359 e. The second-order valence-electron chi connectivity index (χ2n) is 6.01. The minimum atomic E-state index is -0.0938. The van der Waals surface area contributed by atoms with Crippen molar-refractivity contribution in [2.75, 3.05) is 18.9 Å². The van der Waals surface area contributed by atoms with Crippen molar-refractivity contribution in [2.24, 2.45) is 0 Å². The Bertz CT molecular complexity index is 884. The van der Waals surface area contributed by atoms with Gasteiger partial charge in [-0.25, -0.2) is 0 Å². The molecule has 4 rings (SSSR count). The van der Waals surface area contributed by atoms with Gasteiger partial charge in [-0.15, -0.1) is 0 Å². The van der Waals surface area contributed by atoms with Crippen LogP contribution >= 0.6 is 0 Å². The Morgan fingerprint density at radius 2 is 2.17 bits per heavy atom. The molecule has 2 N–H and O–H groups in total. The molecule has 5 nitrogen and oxygen atoms in total. The summed E-state index contributed by atoms with van der Waals surface area (Å²) < 4.78 is 0. The van der Waals surface area contributed by atoms with E-state index in [1.807, 2.05) is 36.7 Å². The van der Waals surface area contributed by atoms with Crippen molar-refractivity contribution in [3.63, 3.8) is 0 Å². The molecule has 3 heterocycles. The number of nitrogens with zero attached hydrogens (tertiary/aromatic N) is 2. The van der Waals surface area contributed by atoms with Gasteiger partial charge in [-0.1, -0.05) is 18.2 Å². The van der Waals surface area contributed by atoms with Crippen LogP contribution in [0.1, 0.15) is 21.5 Å². The molecule has 5 heteroatoms. The molecule has 0 atom stereocenters. The van der Waals surface area contributed by atoms with Gasteiger partial charge in [0.05, 0.1) is 11.3 Å². The summed E-state index contributed by atoms with van der Waals surface area (Å²) in [5.41, 5.74) is 4.76. The Labute approximate surface area is 134 Å². The summed E-state index contributed by atoms with van der Waals surface area (Å²) in [6.07, 6.45) is 6.26. The van der Waals surface area contributed by atoms with Crippen molar-refractivity contribution in [1.29, 1.82) is 0 Å². The predicted molar refractivity (Wildman–Crippen MR) is 90.5 cm³/mol. The van der Waals surface area contributed by atoms with E-state index >= 15 is 0 Å². The topological polar surface area (TPSA) is 61.0 Å². The lowest BCUT2D eigenvalue weighted by Crippen LogP contribution is -2.29. The Balaban J connectivity index is 1.66. The second-order valence-corrected chi connectivity index (χ2v) is 6.01. The number of hydrogen-bond donors (Lipinski definition) is 2. The van der Waals surface area contributed by atoms with Crippen molar-refractivity contribution in [1.82, 2.24) is 14.9 Å². The maximum Gasteiger partial charge on any atom is 0.257 e. The number of pyridine rings is 1. The van der Waals surface area contributed by atoms with Crippen molar-refractivity contribution in [3.8, 4) is 0 Å². The quantitative estimate of drug-likeness (QED) is 0.765. The van der Waals surface area contributed by atoms with E-state index in [9.17, 15) is 4.79 Å². The van der Waals surface area contributed by atoms with Crippen molar-refractivity contribution < 1.29 is 4.79 Å². The van der Waals surface area contributed by atoms with E-state index in [1.54, 1.807) is 6.20 Å². The highest BCUT2D eigenvalue weighted by Crippen LogP contribution is 2.25. The van der Waals surface area contributed by atoms with E-state index in [0.717, 1.165) is 47.2 Å². The lowest BCUT2D eigenvalue weighted by molar-refractivity contribution is 0.102. The standard InChI is InChI=1S/C18H18N4O/c1-22-7-6-13-12(11-22)8-19-9-15(13)18(23)21-17-10-20-16-5-3-2-4-14(16)17/h2-5,8-10,20H,6-7,11H2,1H3,(H,21,23). The third kappa shape index (κ3) is 2.49. The number of fused-ring (bicyclic) bond motifs is 2. The van der Waals surface area contributed by atoms with Gasteiger partial charge >= 0.3 is 0 Å². The van der Waals surface area contributed by atoms with E-state index in [1.165, 1.54) is 0 Å². The number of benzene rings is 1. The van der Waals surface area contributed by atoms with Crippen LogP contribution in [0.5, 0.6) is 0 Å². The van der Waals surface area contributed by atoms with Crippen LogP contribution in [0.2, 0.25) is 0 Å². The average molecular weight is 306 g/mol. The number of aromatic amines is 1. The monoisotopic (exact) mass is 306 g/mol. The summed E-state index contributed by atoms with van der Waals surface area (Å²) in [6.45, 7) is 1.81.